The normalized spacial score (nSPS) is 22.0. The van der Waals surface area contributed by atoms with E-state index in [1.165, 1.54) is 78.4 Å². The molecule has 2 aliphatic carbocycles. The Morgan fingerprint density at radius 1 is 0.474 bits per heavy atom. The predicted molar refractivity (Wildman–Crippen MR) is 156 cm³/mol. The molecule has 0 amide bonds. The second-order valence-corrected chi connectivity index (χ2v) is 11.1. The van der Waals surface area contributed by atoms with E-state index in [9.17, 15) is 0 Å². The van der Waals surface area contributed by atoms with Gasteiger partial charge in [-0.2, -0.15) is 0 Å². The highest BCUT2D eigenvalue weighted by atomic mass is 15.2. The van der Waals surface area contributed by atoms with Gasteiger partial charge in [-0.05, 0) is 76.1 Å². The minimum atomic E-state index is 0.200. The molecule has 2 atom stereocenters. The molecule has 178 valence electrons. The molecule has 4 aromatic rings. The van der Waals surface area contributed by atoms with E-state index >= 15 is 0 Å². The zero-order valence-corrected chi connectivity index (χ0v) is 20.9. The molecule has 4 heterocycles. The summed E-state index contributed by atoms with van der Waals surface area (Å²) in [5, 5.41) is 0. The molecule has 38 heavy (non-hydrogen) atoms. The van der Waals surface area contributed by atoms with Gasteiger partial charge in [0.05, 0.1) is 23.5 Å². The summed E-state index contributed by atoms with van der Waals surface area (Å²) in [5.41, 5.74) is 19.7. The number of fused-ring (bicyclic) bond motifs is 14. The fraction of sp³-hybridized carbons (Fsp3) is 0.111. The first-order chi connectivity index (χ1) is 18.9. The van der Waals surface area contributed by atoms with Crippen LogP contribution < -0.4 is 9.80 Å². The minimum absolute atomic E-state index is 0.200. The highest BCUT2D eigenvalue weighted by Crippen LogP contribution is 2.65. The van der Waals surface area contributed by atoms with Crippen LogP contribution in [0.15, 0.2) is 120 Å². The van der Waals surface area contributed by atoms with E-state index in [1.54, 1.807) is 0 Å². The van der Waals surface area contributed by atoms with Crippen molar-refractivity contribution in [3.05, 3.63) is 143 Å². The zero-order valence-electron chi connectivity index (χ0n) is 20.9. The maximum Gasteiger partial charge on any atom is 0.0854 e. The average Bonchev–Trinajstić information content (AvgIpc) is 3.67. The molecule has 4 aromatic carbocycles. The number of anilines is 4. The van der Waals surface area contributed by atoms with Gasteiger partial charge in [-0.25, -0.2) is 0 Å². The Kier molecular flexibility index (Phi) is 3.42. The number of nitrogens with zero attached hydrogens (tertiary/aromatic N) is 2. The summed E-state index contributed by atoms with van der Waals surface area (Å²) in [6.45, 7) is 0. The maximum absolute atomic E-state index is 2.63. The highest BCUT2D eigenvalue weighted by molar-refractivity contribution is 6.06. The van der Waals surface area contributed by atoms with Crippen LogP contribution in [-0.4, -0.2) is 0 Å². The van der Waals surface area contributed by atoms with Crippen molar-refractivity contribution in [1.82, 2.24) is 0 Å². The number of hydrogen-bond donors (Lipinski definition) is 0. The molecule has 2 nitrogen and oxygen atoms in total. The first kappa shape index (κ1) is 19.5. The fourth-order valence-corrected chi connectivity index (χ4v) is 8.19. The van der Waals surface area contributed by atoms with Gasteiger partial charge in [-0.1, -0.05) is 85.0 Å². The molecule has 6 aliphatic rings. The van der Waals surface area contributed by atoms with Crippen LogP contribution in [0.5, 0.6) is 0 Å². The van der Waals surface area contributed by atoms with Gasteiger partial charge in [0.25, 0.3) is 0 Å². The molecule has 2 heteroatoms. The molecule has 0 saturated heterocycles. The number of hydrogen-bond acceptors (Lipinski definition) is 2. The van der Waals surface area contributed by atoms with Gasteiger partial charge >= 0.3 is 0 Å². The maximum atomic E-state index is 2.63. The first-order valence-electron chi connectivity index (χ1n) is 13.7. The zero-order chi connectivity index (χ0) is 24.5. The van der Waals surface area contributed by atoms with Gasteiger partial charge in [-0.15, -0.1) is 0 Å². The van der Waals surface area contributed by atoms with Crippen molar-refractivity contribution >= 4 is 33.9 Å². The molecular weight excluding hydrogens is 460 g/mol. The van der Waals surface area contributed by atoms with Gasteiger partial charge < -0.3 is 9.80 Å². The van der Waals surface area contributed by atoms with Crippen molar-refractivity contribution in [2.24, 2.45) is 0 Å². The molecule has 4 aliphatic heterocycles. The van der Waals surface area contributed by atoms with Crippen LogP contribution in [0.25, 0.3) is 22.3 Å². The van der Waals surface area contributed by atoms with Crippen molar-refractivity contribution in [2.75, 3.05) is 9.80 Å². The monoisotopic (exact) mass is 484 g/mol. The Bertz CT molecular complexity index is 1770. The van der Waals surface area contributed by atoms with Gasteiger partial charge in [-0.3, -0.25) is 0 Å². The van der Waals surface area contributed by atoms with Crippen LogP contribution >= 0.6 is 0 Å². The average molecular weight is 485 g/mol. The third-order valence-corrected chi connectivity index (χ3v) is 9.53. The van der Waals surface area contributed by atoms with E-state index in [-0.39, 0.29) is 12.1 Å². The Hall–Kier alpha value is -4.56. The van der Waals surface area contributed by atoms with E-state index < -0.39 is 0 Å². The smallest absolute Gasteiger partial charge is 0.0854 e. The van der Waals surface area contributed by atoms with Gasteiger partial charge in [0.1, 0.15) is 0 Å². The molecule has 0 N–H and O–H groups in total. The standard InChI is InChI=1S/C36H24N2/c1-3-17-29-23(9-1)21-11-5-13-25(21)35-27-15-7-16-28-33(27)34-31(37(29)35)19-8-20-32(34)38-30-18-4-2-10-24(30)22-12-6-14-26(22)36(28)38/h1-10,13-20,35-36H,11-12H2. The SMILES string of the molecule is C1=CC2=C(C1)c1ccccc1N1c3cccc4c3-c3c(cccc3C3C5=C(CC=C5)c5ccccc5N43)C21. The predicted octanol–water partition coefficient (Wildman–Crippen LogP) is 9.19. The summed E-state index contributed by atoms with van der Waals surface area (Å²) < 4.78 is 0. The van der Waals surface area contributed by atoms with Crippen molar-refractivity contribution in [2.45, 2.75) is 24.9 Å². The van der Waals surface area contributed by atoms with Crippen LogP contribution in [0.2, 0.25) is 0 Å². The van der Waals surface area contributed by atoms with Gasteiger partial charge in [0.2, 0.25) is 0 Å². The van der Waals surface area contributed by atoms with Crippen molar-refractivity contribution in [1.29, 1.82) is 0 Å². The Balaban J connectivity index is 1.35. The lowest BCUT2D eigenvalue weighted by atomic mass is 9.72. The summed E-state index contributed by atoms with van der Waals surface area (Å²) >= 11 is 0. The Labute approximate surface area is 222 Å². The van der Waals surface area contributed by atoms with Crippen LogP contribution in [0.4, 0.5) is 22.7 Å². The van der Waals surface area contributed by atoms with Gasteiger partial charge in [0.15, 0.2) is 0 Å². The van der Waals surface area contributed by atoms with E-state index in [0.717, 1.165) is 12.8 Å². The molecule has 0 spiro atoms. The summed E-state index contributed by atoms with van der Waals surface area (Å²) in [6, 6.07) is 32.5. The first-order valence-corrected chi connectivity index (χ1v) is 13.7. The van der Waals surface area contributed by atoms with Crippen LogP contribution in [0.3, 0.4) is 0 Å². The third kappa shape index (κ3) is 2.11. The number of benzene rings is 4. The second kappa shape index (κ2) is 6.65. The second-order valence-electron chi connectivity index (χ2n) is 11.1. The van der Waals surface area contributed by atoms with E-state index in [0.29, 0.717) is 0 Å². The van der Waals surface area contributed by atoms with Gasteiger partial charge in [0, 0.05) is 28.1 Å². The Morgan fingerprint density at radius 2 is 0.947 bits per heavy atom. The van der Waals surface area contributed by atoms with Crippen molar-refractivity contribution < 1.29 is 0 Å². The van der Waals surface area contributed by atoms with E-state index in [1.807, 2.05) is 0 Å². The molecule has 0 bridgehead atoms. The molecule has 2 unspecified atom stereocenters. The van der Waals surface area contributed by atoms with Crippen molar-refractivity contribution in [3.8, 4) is 11.1 Å². The fourth-order valence-electron chi connectivity index (χ4n) is 8.19. The highest BCUT2D eigenvalue weighted by Gasteiger charge is 2.47. The summed E-state index contributed by atoms with van der Waals surface area (Å²) in [4.78, 5) is 5.26. The lowest BCUT2D eigenvalue weighted by Gasteiger charge is -2.51. The largest absolute Gasteiger partial charge is 0.329 e. The number of para-hydroxylation sites is 2. The summed E-state index contributed by atoms with van der Waals surface area (Å²) in [5.74, 6) is 0. The Morgan fingerprint density at radius 3 is 1.50 bits per heavy atom. The third-order valence-electron chi connectivity index (χ3n) is 9.53. The van der Waals surface area contributed by atoms with Crippen LogP contribution in [0, 0.1) is 0 Å². The number of allylic oxidation sites excluding steroid dienone is 4. The lowest BCUT2D eigenvalue weighted by molar-refractivity contribution is 0.762. The quantitative estimate of drug-likeness (QED) is 0.245. The summed E-state index contributed by atoms with van der Waals surface area (Å²) in [6.07, 6.45) is 11.5. The van der Waals surface area contributed by atoms with E-state index in [4.69, 9.17) is 0 Å². The van der Waals surface area contributed by atoms with Crippen LogP contribution in [0.1, 0.15) is 47.2 Å². The molecule has 0 fully saturated rings. The molecule has 0 radical (unpaired) electrons. The minimum Gasteiger partial charge on any atom is -0.329 e. The lowest BCUT2D eigenvalue weighted by Crippen LogP contribution is -2.38. The molecule has 0 saturated carbocycles. The number of rotatable bonds is 0. The van der Waals surface area contributed by atoms with Crippen molar-refractivity contribution in [3.63, 3.8) is 0 Å². The molecule has 0 aromatic heterocycles. The molecular formula is C36H24N2. The van der Waals surface area contributed by atoms with Crippen LogP contribution in [-0.2, 0) is 0 Å². The topological polar surface area (TPSA) is 6.48 Å². The molecule has 10 rings (SSSR count). The van der Waals surface area contributed by atoms with E-state index in [2.05, 4.69) is 119 Å². The summed E-state index contributed by atoms with van der Waals surface area (Å²) in [7, 11) is 0.